The van der Waals surface area contributed by atoms with E-state index in [1.165, 1.54) is 12.1 Å². The van der Waals surface area contributed by atoms with Crippen molar-refractivity contribution in [3.05, 3.63) is 65.9 Å². The van der Waals surface area contributed by atoms with E-state index in [1.807, 2.05) is 30.3 Å². The summed E-state index contributed by atoms with van der Waals surface area (Å²) >= 11 is 0. The molecular weight excluding hydrogens is 412 g/mol. The molecule has 0 spiro atoms. The second kappa shape index (κ2) is 7.77. The normalized spacial score (nSPS) is 16.2. The first-order chi connectivity index (χ1) is 15.0. The number of benzene rings is 2. The number of nitrogens with one attached hydrogen (secondary N) is 2. The molecule has 2 aliphatic rings. The maximum atomic E-state index is 13.1. The van der Waals surface area contributed by atoms with E-state index >= 15 is 0 Å². The molecule has 31 heavy (non-hydrogen) atoms. The largest absolute Gasteiger partial charge is 0.322 e. The molecule has 0 unspecified atom stereocenters. The van der Waals surface area contributed by atoms with Gasteiger partial charge in [-0.1, -0.05) is 24.3 Å². The molecule has 1 amide bonds. The molecule has 0 radical (unpaired) electrons. The summed E-state index contributed by atoms with van der Waals surface area (Å²) in [5, 5.41) is 3.63. The van der Waals surface area contributed by atoms with Crippen LogP contribution in [-0.2, 0) is 10.0 Å². The SMILES string of the molecule is O=C(Nc1cccc(S(=O)(=O)NC2=NCCC2)c1)c1cc(C2CC2)nc2ccccc12. The number of pyridine rings is 1. The molecule has 3 aromatic rings. The Balaban J connectivity index is 1.43. The van der Waals surface area contributed by atoms with E-state index in [-0.39, 0.29) is 10.8 Å². The Kier molecular flexibility index (Phi) is 4.94. The fourth-order valence-corrected chi connectivity index (χ4v) is 4.88. The van der Waals surface area contributed by atoms with Crippen LogP contribution < -0.4 is 10.0 Å². The number of amidine groups is 1. The number of sulfonamides is 1. The molecule has 7 nitrogen and oxygen atoms in total. The Morgan fingerprint density at radius 1 is 1.03 bits per heavy atom. The molecule has 0 atom stereocenters. The number of carbonyl (C=O) groups excluding carboxylic acids is 1. The van der Waals surface area contributed by atoms with E-state index in [9.17, 15) is 13.2 Å². The summed E-state index contributed by atoms with van der Waals surface area (Å²) in [4.78, 5) is 22.1. The van der Waals surface area contributed by atoms with Crippen molar-refractivity contribution in [1.29, 1.82) is 0 Å². The van der Waals surface area contributed by atoms with E-state index in [1.54, 1.807) is 12.1 Å². The Labute approximate surface area is 180 Å². The lowest BCUT2D eigenvalue weighted by molar-refractivity contribution is 0.102. The number of fused-ring (bicyclic) bond motifs is 1. The zero-order chi connectivity index (χ0) is 21.4. The number of aromatic nitrogens is 1. The molecule has 2 heterocycles. The quantitative estimate of drug-likeness (QED) is 0.637. The number of anilines is 1. The number of para-hydroxylation sites is 1. The van der Waals surface area contributed by atoms with E-state index in [2.05, 4.69) is 15.0 Å². The van der Waals surface area contributed by atoms with Gasteiger partial charge in [-0.2, -0.15) is 0 Å². The van der Waals surface area contributed by atoms with Gasteiger partial charge >= 0.3 is 0 Å². The van der Waals surface area contributed by atoms with Crippen molar-refractivity contribution in [2.75, 3.05) is 11.9 Å². The van der Waals surface area contributed by atoms with Crippen LogP contribution in [0.1, 0.15) is 47.7 Å². The highest BCUT2D eigenvalue weighted by atomic mass is 32.2. The third kappa shape index (κ3) is 4.16. The van der Waals surface area contributed by atoms with Crippen LogP contribution in [0.5, 0.6) is 0 Å². The Morgan fingerprint density at radius 2 is 1.87 bits per heavy atom. The standard InChI is InChI=1S/C23H22N4O3S/c28-23(19-14-21(15-10-11-15)26-20-8-2-1-7-18(19)20)25-16-5-3-6-17(13-16)31(29,30)27-22-9-4-12-24-22/h1-3,5-8,13-15H,4,9-12H2,(H,24,27)(H,25,28). The number of carbonyl (C=O) groups is 1. The van der Waals surface area contributed by atoms with E-state index in [4.69, 9.17) is 4.98 Å². The van der Waals surface area contributed by atoms with Gasteiger partial charge in [0.1, 0.15) is 5.84 Å². The van der Waals surface area contributed by atoms with Crippen molar-refractivity contribution in [2.45, 2.75) is 36.5 Å². The van der Waals surface area contributed by atoms with Crippen LogP contribution in [0.15, 0.2) is 64.5 Å². The molecule has 1 fully saturated rings. The molecule has 5 rings (SSSR count). The monoisotopic (exact) mass is 434 g/mol. The lowest BCUT2D eigenvalue weighted by atomic mass is 10.1. The Bertz CT molecular complexity index is 1310. The van der Waals surface area contributed by atoms with Crippen LogP contribution in [0.3, 0.4) is 0 Å². The molecule has 0 saturated heterocycles. The van der Waals surface area contributed by atoms with Crippen LogP contribution in [0.2, 0.25) is 0 Å². The second-order valence-corrected chi connectivity index (χ2v) is 9.59. The minimum atomic E-state index is -3.75. The average molecular weight is 435 g/mol. The van der Waals surface area contributed by atoms with Crippen LogP contribution in [-0.4, -0.2) is 31.7 Å². The topological polar surface area (TPSA) is 101 Å². The van der Waals surface area contributed by atoms with Crippen LogP contribution >= 0.6 is 0 Å². The first kappa shape index (κ1) is 19.7. The van der Waals surface area contributed by atoms with E-state index < -0.39 is 10.0 Å². The van der Waals surface area contributed by atoms with Gasteiger partial charge in [0.2, 0.25) is 0 Å². The smallest absolute Gasteiger partial charge is 0.262 e. The van der Waals surface area contributed by atoms with Crippen LogP contribution in [0.4, 0.5) is 5.69 Å². The summed E-state index contributed by atoms with van der Waals surface area (Å²) in [5.74, 6) is 0.600. The molecule has 2 aromatic carbocycles. The number of rotatable bonds is 5. The fraction of sp³-hybridized carbons (Fsp3) is 0.261. The minimum absolute atomic E-state index is 0.0816. The third-order valence-corrected chi connectivity index (χ3v) is 6.88. The van der Waals surface area contributed by atoms with Crippen molar-refractivity contribution in [3.8, 4) is 0 Å². The maximum Gasteiger partial charge on any atom is 0.262 e. The summed E-state index contributed by atoms with van der Waals surface area (Å²) < 4.78 is 27.9. The number of amides is 1. The maximum absolute atomic E-state index is 13.1. The summed E-state index contributed by atoms with van der Waals surface area (Å²) in [6, 6.07) is 15.7. The molecule has 1 aromatic heterocycles. The second-order valence-electron chi connectivity index (χ2n) is 7.91. The van der Waals surface area contributed by atoms with Gasteiger partial charge in [0.15, 0.2) is 0 Å². The van der Waals surface area contributed by atoms with Gasteiger partial charge in [-0.25, -0.2) is 8.42 Å². The van der Waals surface area contributed by atoms with Gasteiger partial charge < -0.3 is 5.32 Å². The zero-order valence-electron chi connectivity index (χ0n) is 16.8. The number of aliphatic imine (C=N–C) groups is 1. The van der Waals surface area contributed by atoms with Gasteiger partial charge in [-0.3, -0.25) is 19.5 Å². The van der Waals surface area contributed by atoms with E-state index in [0.29, 0.717) is 36.0 Å². The zero-order valence-corrected chi connectivity index (χ0v) is 17.7. The fourth-order valence-electron chi connectivity index (χ4n) is 3.75. The predicted octanol–water partition coefficient (Wildman–Crippen LogP) is 3.84. The van der Waals surface area contributed by atoms with E-state index in [0.717, 1.165) is 35.9 Å². The number of hydrogen-bond donors (Lipinski definition) is 2. The van der Waals surface area contributed by atoms with Crippen LogP contribution in [0, 0.1) is 0 Å². The van der Waals surface area contributed by atoms with Gasteiger partial charge in [-0.05, 0) is 49.6 Å². The Hall–Kier alpha value is -3.26. The highest BCUT2D eigenvalue weighted by molar-refractivity contribution is 7.90. The highest BCUT2D eigenvalue weighted by Gasteiger charge is 2.27. The van der Waals surface area contributed by atoms with Crippen molar-refractivity contribution >= 4 is 38.4 Å². The molecule has 2 N–H and O–H groups in total. The van der Waals surface area contributed by atoms with Gasteiger partial charge in [0.25, 0.3) is 15.9 Å². The van der Waals surface area contributed by atoms with Crippen molar-refractivity contribution in [2.24, 2.45) is 4.99 Å². The van der Waals surface area contributed by atoms with Gasteiger partial charge in [0, 0.05) is 35.7 Å². The van der Waals surface area contributed by atoms with Crippen molar-refractivity contribution in [1.82, 2.24) is 9.71 Å². The minimum Gasteiger partial charge on any atom is -0.322 e. The summed E-state index contributed by atoms with van der Waals surface area (Å²) in [7, 11) is -3.75. The molecule has 0 bridgehead atoms. The van der Waals surface area contributed by atoms with Gasteiger partial charge in [-0.15, -0.1) is 0 Å². The lowest BCUT2D eigenvalue weighted by Gasteiger charge is -2.12. The van der Waals surface area contributed by atoms with Crippen molar-refractivity contribution < 1.29 is 13.2 Å². The molecule has 8 heteroatoms. The molecule has 158 valence electrons. The third-order valence-electron chi connectivity index (χ3n) is 5.50. The summed E-state index contributed by atoms with van der Waals surface area (Å²) in [6.45, 7) is 0.636. The summed E-state index contributed by atoms with van der Waals surface area (Å²) in [5.41, 5.74) is 2.67. The molecule has 1 aliphatic heterocycles. The first-order valence-corrected chi connectivity index (χ1v) is 11.9. The van der Waals surface area contributed by atoms with Crippen LogP contribution in [0.25, 0.3) is 10.9 Å². The Morgan fingerprint density at radius 3 is 2.65 bits per heavy atom. The number of nitrogens with zero attached hydrogens (tertiary/aromatic N) is 2. The highest BCUT2D eigenvalue weighted by Crippen LogP contribution is 2.40. The molecular formula is C23H22N4O3S. The first-order valence-electron chi connectivity index (χ1n) is 10.4. The van der Waals surface area contributed by atoms with Crippen molar-refractivity contribution in [3.63, 3.8) is 0 Å². The summed E-state index contributed by atoms with van der Waals surface area (Å²) in [6.07, 6.45) is 3.64. The number of hydrogen-bond acceptors (Lipinski definition) is 5. The predicted molar refractivity (Wildman–Crippen MR) is 120 cm³/mol. The average Bonchev–Trinajstić information content (AvgIpc) is 3.50. The lowest BCUT2D eigenvalue weighted by Crippen LogP contribution is -2.29. The van der Waals surface area contributed by atoms with Gasteiger partial charge in [0.05, 0.1) is 16.0 Å². The molecule has 1 saturated carbocycles. The molecule has 1 aliphatic carbocycles.